The van der Waals surface area contributed by atoms with Gasteiger partial charge in [0.2, 0.25) is 10.0 Å². The fourth-order valence-corrected chi connectivity index (χ4v) is 5.03. The lowest BCUT2D eigenvalue weighted by atomic mass is 9.92. The lowest BCUT2D eigenvalue weighted by Gasteiger charge is -2.34. The summed E-state index contributed by atoms with van der Waals surface area (Å²) in [6, 6.07) is 4.48. The lowest BCUT2D eigenvalue weighted by Crippen LogP contribution is -2.39. The molecule has 1 saturated heterocycles. The molecule has 0 spiro atoms. The number of hydrogen-bond acceptors (Lipinski definition) is 5. The molecule has 8 heteroatoms. The molecule has 1 amide bonds. The zero-order valence-electron chi connectivity index (χ0n) is 18.3. The van der Waals surface area contributed by atoms with E-state index in [1.165, 1.54) is 39.8 Å². The molecule has 0 bridgehead atoms. The summed E-state index contributed by atoms with van der Waals surface area (Å²) in [4.78, 5) is 15.0. The Labute approximate surface area is 175 Å². The minimum atomic E-state index is -3.70. The Morgan fingerprint density at radius 3 is 2.45 bits per heavy atom. The first-order valence-electron chi connectivity index (χ1n) is 10.3. The van der Waals surface area contributed by atoms with E-state index in [2.05, 4.69) is 24.1 Å². The number of nitrogens with one attached hydrogen (secondary N) is 1. The highest BCUT2D eigenvalue weighted by Gasteiger charge is 2.24. The molecule has 0 radical (unpaired) electrons. The van der Waals surface area contributed by atoms with Crippen LogP contribution in [0.3, 0.4) is 0 Å². The van der Waals surface area contributed by atoms with Crippen LogP contribution in [0.4, 0.5) is 0 Å². The van der Waals surface area contributed by atoms with Gasteiger partial charge in [-0.15, -0.1) is 0 Å². The van der Waals surface area contributed by atoms with Crippen molar-refractivity contribution in [3.05, 3.63) is 23.8 Å². The Hall–Kier alpha value is -1.64. The monoisotopic (exact) mass is 425 g/mol. The minimum absolute atomic E-state index is 0.00834. The Morgan fingerprint density at radius 2 is 1.86 bits per heavy atom. The number of carbonyl (C=O) groups excluding carboxylic acids is 1. The van der Waals surface area contributed by atoms with Gasteiger partial charge in [-0.05, 0) is 55.8 Å². The molecule has 0 aromatic heterocycles. The van der Waals surface area contributed by atoms with E-state index >= 15 is 0 Å². The highest BCUT2D eigenvalue weighted by Crippen LogP contribution is 2.27. The number of likely N-dealkylation sites (tertiary alicyclic amines) is 1. The number of carbonyl (C=O) groups is 1. The predicted molar refractivity (Wildman–Crippen MR) is 115 cm³/mol. The molecule has 2 atom stereocenters. The number of benzene rings is 1. The highest BCUT2D eigenvalue weighted by molar-refractivity contribution is 7.89. The van der Waals surface area contributed by atoms with Gasteiger partial charge in [0.15, 0.2) is 0 Å². The van der Waals surface area contributed by atoms with Crippen molar-refractivity contribution in [2.45, 2.75) is 38.0 Å². The Kier molecular flexibility index (Phi) is 8.48. The van der Waals surface area contributed by atoms with Crippen molar-refractivity contribution in [3.63, 3.8) is 0 Å². The fourth-order valence-electron chi connectivity index (χ4n) is 3.96. The van der Waals surface area contributed by atoms with Crippen molar-refractivity contribution >= 4 is 15.9 Å². The van der Waals surface area contributed by atoms with Crippen LogP contribution in [0.2, 0.25) is 0 Å². The van der Waals surface area contributed by atoms with E-state index in [1.807, 2.05) is 0 Å². The number of sulfonamides is 1. The minimum Gasteiger partial charge on any atom is -0.495 e. The summed E-state index contributed by atoms with van der Waals surface area (Å²) >= 11 is 0. The molecule has 1 aliphatic rings. The highest BCUT2D eigenvalue weighted by atomic mass is 32.2. The van der Waals surface area contributed by atoms with E-state index in [1.54, 1.807) is 6.07 Å². The Balaban J connectivity index is 1.88. The van der Waals surface area contributed by atoms with Crippen LogP contribution in [0, 0.1) is 11.8 Å². The van der Waals surface area contributed by atoms with Gasteiger partial charge in [0.25, 0.3) is 5.91 Å². The summed E-state index contributed by atoms with van der Waals surface area (Å²) in [5.74, 6) is 1.45. The quantitative estimate of drug-likeness (QED) is 0.615. The van der Waals surface area contributed by atoms with E-state index in [-0.39, 0.29) is 16.6 Å². The zero-order valence-corrected chi connectivity index (χ0v) is 19.1. The van der Waals surface area contributed by atoms with Crippen molar-refractivity contribution in [2.75, 3.05) is 47.4 Å². The Morgan fingerprint density at radius 1 is 1.21 bits per heavy atom. The largest absolute Gasteiger partial charge is 0.495 e. The number of amides is 1. The third kappa shape index (κ3) is 6.42. The molecule has 1 fully saturated rings. The maximum atomic E-state index is 12.5. The van der Waals surface area contributed by atoms with Gasteiger partial charge in [-0.2, -0.15) is 0 Å². The number of hydrogen-bond donors (Lipinski definition) is 1. The molecular formula is C21H35N3O4S. The van der Waals surface area contributed by atoms with Gasteiger partial charge in [0.05, 0.1) is 7.11 Å². The van der Waals surface area contributed by atoms with Crippen LogP contribution in [-0.4, -0.2) is 70.9 Å². The second-order valence-electron chi connectivity index (χ2n) is 8.32. The van der Waals surface area contributed by atoms with Crippen molar-refractivity contribution in [3.8, 4) is 5.75 Å². The molecule has 7 nitrogen and oxygen atoms in total. The van der Waals surface area contributed by atoms with Crippen LogP contribution in [-0.2, 0) is 10.0 Å². The van der Waals surface area contributed by atoms with Gasteiger partial charge in [-0.1, -0.05) is 13.8 Å². The second kappa shape index (κ2) is 10.4. The van der Waals surface area contributed by atoms with Crippen LogP contribution < -0.4 is 10.1 Å². The molecule has 1 heterocycles. The maximum Gasteiger partial charge on any atom is 0.251 e. The molecule has 0 unspecified atom stereocenters. The molecule has 2 rings (SSSR count). The molecule has 1 aromatic carbocycles. The number of unbranched alkanes of at least 4 members (excludes halogenated alkanes) is 1. The van der Waals surface area contributed by atoms with Crippen molar-refractivity contribution in [1.82, 2.24) is 14.5 Å². The van der Waals surface area contributed by atoms with E-state index < -0.39 is 10.0 Å². The van der Waals surface area contributed by atoms with E-state index in [0.717, 1.165) is 48.6 Å². The molecule has 1 aromatic rings. The number of nitrogens with zero attached hydrogens (tertiary/aromatic N) is 2. The number of ether oxygens (including phenoxy) is 1. The number of methoxy groups -OCH3 is 1. The van der Waals surface area contributed by atoms with Crippen LogP contribution >= 0.6 is 0 Å². The average molecular weight is 426 g/mol. The van der Waals surface area contributed by atoms with Gasteiger partial charge in [0.1, 0.15) is 10.6 Å². The van der Waals surface area contributed by atoms with Gasteiger partial charge >= 0.3 is 0 Å². The van der Waals surface area contributed by atoms with E-state index in [0.29, 0.717) is 12.1 Å². The number of piperidine rings is 1. The first kappa shape index (κ1) is 23.6. The maximum absolute atomic E-state index is 12.5. The van der Waals surface area contributed by atoms with Gasteiger partial charge in [-0.3, -0.25) is 4.79 Å². The third-order valence-corrected chi connectivity index (χ3v) is 7.15. The van der Waals surface area contributed by atoms with Gasteiger partial charge < -0.3 is 15.0 Å². The molecule has 1 aliphatic heterocycles. The summed E-state index contributed by atoms with van der Waals surface area (Å²) in [5, 5.41) is 2.89. The molecule has 164 valence electrons. The number of rotatable bonds is 9. The SMILES string of the molecule is COc1ccc(C(=O)NCCCCN2C[C@@H](C)C[C@H](C)C2)cc1S(=O)(=O)N(C)C. The lowest BCUT2D eigenvalue weighted by molar-refractivity contribution is 0.0951. The van der Waals surface area contributed by atoms with Crippen molar-refractivity contribution < 1.29 is 17.9 Å². The van der Waals surface area contributed by atoms with E-state index in [4.69, 9.17) is 4.74 Å². The van der Waals surface area contributed by atoms with Crippen LogP contribution in [0.15, 0.2) is 23.1 Å². The van der Waals surface area contributed by atoms with Gasteiger partial charge in [-0.25, -0.2) is 12.7 Å². The molecular weight excluding hydrogens is 390 g/mol. The smallest absolute Gasteiger partial charge is 0.251 e. The van der Waals surface area contributed by atoms with Crippen molar-refractivity contribution in [1.29, 1.82) is 0 Å². The van der Waals surface area contributed by atoms with E-state index in [9.17, 15) is 13.2 Å². The normalized spacial score (nSPS) is 20.6. The standard InChI is InChI=1S/C21H35N3O4S/c1-16-12-17(2)15-24(14-16)11-7-6-10-22-21(25)18-8-9-19(28-5)20(13-18)29(26,27)23(3)4/h8-9,13,16-17H,6-7,10-12,14-15H2,1-5H3,(H,22,25)/t16-,17-/m0/s1. The molecule has 1 N–H and O–H groups in total. The second-order valence-corrected chi connectivity index (χ2v) is 10.4. The predicted octanol–water partition coefficient (Wildman–Crippen LogP) is 2.43. The first-order valence-corrected chi connectivity index (χ1v) is 11.7. The van der Waals surface area contributed by atoms with Crippen molar-refractivity contribution in [2.24, 2.45) is 11.8 Å². The summed E-state index contributed by atoms with van der Waals surface area (Å²) in [6.07, 6.45) is 3.23. The van der Waals surface area contributed by atoms with Gasteiger partial charge in [0, 0.05) is 39.3 Å². The van der Waals surface area contributed by atoms with Crippen LogP contribution in [0.5, 0.6) is 5.75 Å². The first-order chi connectivity index (χ1) is 13.6. The summed E-state index contributed by atoms with van der Waals surface area (Å²) in [7, 11) is 0.606. The fraction of sp³-hybridized carbons (Fsp3) is 0.667. The molecule has 29 heavy (non-hydrogen) atoms. The zero-order chi connectivity index (χ0) is 21.6. The van der Waals surface area contributed by atoms with Crippen LogP contribution in [0.25, 0.3) is 0 Å². The molecule has 0 aliphatic carbocycles. The summed E-state index contributed by atoms with van der Waals surface area (Å²) < 4.78 is 31.2. The third-order valence-electron chi connectivity index (χ3n) is 5.32. The van der Waals surface area contributed by atoms with Crippen LogP contribution in [0.1, 0.15) is 43.5 Å². The molecule has 0 saturated carbocycles. The summed E-state index contributed by atoms with van der Waals surface area (Å²) in [6.45, 7) is 8.56. The average Bonchev–Trinajstić information content (AvgIpc) is 2.66. The summed E-state index contributed by atoms with van der Waals surface area (Å²) in [5.41, 5.74) is 0.310. The topological polar surface area (TPSA) is 79.0 Å². The Bertz CT molecular complexity index is 785.